The highest BCUT2D eigenvalue weighted by atomic mass is 16.6. The molecule has 1 atom stereocenters. The lowest BCUT2D eigenvalue weighted by Crippen LogP contribution is -2.30. The Morgan fingerprint density at radius 3 is 0.871 bits per heavy atom. The third kappa shape index (κ3) is 56.0. The summed E-state index contributed by atoms with van der Waals surface area (Å²) in [6, 6.07) is 0. The molecule has 406 valence electrons. The molecule has 70 heavy (non-hydrogen) atoms. The van der Waals surface area contributed by atoms with Crippen LogP contribution < -0.4 is 0 Å². The fourth-order valence-corrected chi connectivity index (χ4v) is 8.66. The number of hydrogen-bond acceptors (Lipinski definition) is 6. The predicted octanol–water partition coefficient (Wildman–Crippen LogP) is 20.4. The number of allylic oxidation sites excluding steroid dienone is 10. The second kappa shape index (κ2) is 58.7. The summed E-state index contributed by atoms with van der Waals surface area (Å²) in [5.74, 6) is -0.904. The van der Waals surface area contributed by atoms with Crippen LogP contribution in [0.2, 0.25) is 0 Å². The first-order valence-corrected chi connectivity index (χ1v) is 30.3. The quantitative estimate of drug-likeness (QED) is 0.0261. The summed E-state index contributed by atoms with van der Waals surface area (Å²) in [6.07, 6.45) is 73.5. The van der Waals surface area contributed by atoms with Crippen molar-refractivity contribution < 1.29 is 28.6 Å². The van der Waals surface area contributed by atoms with E-state index in [9.17, 15) is 14.4 Å². The van der Waals surface area contributed by atoms with E-state index in [4.69, 9.17) is 14.2 Å². The summed E-state index contributed by atoms with van der Waals surface area (Å²) in [7, 11) is 0. The number of hydrogen-bond donors (Lipinski definition) is 0. The van der Waals surface area contributed by atoms with Crippen molar-refractivity contribution in [1.29, 1.82) is 0 Å². The molecule has 6 nitrogen and oxygen atoms in total. The van der Waals surface area contributed by atoms with Gasteiger partial charge in [-0.25, -0.2) is 0 Å². The van der Waals surface area contributed by atoms with Crippen LogP contribution in [-0.2, 0) is 28.6 Å². The Bertz CT molecular complexity index is 1260. The fourth-order valence-electron chi connectivity index (χ4n) is 8.66. The van der Waals surface area contributed by atoms with Gasteiger partial charge in [-0.15, -0.1) is 0 Å². The van der Waals surface area contributed by atoms with Gasteiger partial charge in [0.2, 0.25) is 0 Å². The molecule has 0 bridgehead atoms. The monoisotopic (exact) mass is 979 g/mol. The molecule has 0 heterocycles. The largest absolute Gasteiger partial charge is 0.462 e. The standard InChI is InChI=1S/C64H114O6/c1-4-7-10-13-16-19-22-25-28-30-32-34-36-39-42-45-48-51-54-57-63(66)69-60-61(59-68-62(65)56-53-50-47-44-41-38-35-27-24-21-18-15-12-9-6-3)70-64(67)58-55-52-49-46-43-40-37-33-31-29-26-23-20-17-14-11-8-5-2/h16,19,21,24-25,28,32,34,39,42,61H,4-15,17-18,20,22-23,26-27,29-31,33,35-38,40-41,43-60H2,1-3H3/b19-16+,24-21+,28-25+,34-32+,42-39+/t61-/m1/s1. The predicted molar refractivity (Wildman–Crippen MR) is 302 cm³/mol. The lowest BCUT2D eigenvalue weighted by atomic mass is 10.0. The third-order valence-electron chi connectivity index (χ3n) is 13.2. The minimum Gasteiger partial charge on any atom is -0.462 e. The fraction of sp³-hybridized carbons (Fsp3) is 0.797. The van der Waals surface area contributed by atoms with Crippen LogP contribution in [0.3, 0.4) is 0 Å². The maximum absolute atomic E-state index is 12.9. The molecule has 0 radical (unpaired) electrons. The van der Waals surface area contributed by atoms with E-state index in [2.05, 4.69) is 81.5 Å². The second-order valence-electron chi connectivity index (χ2n) is 20.3. The van der Waals surface area contributed by atoms with E-state index < -0.39 is 6.10 Å². The first-order chi connectivity index (χ1) is 34.5. The minimum atomic E-state index is -0.788. The topological polar surface area (TPSA) is 78.9 Å². The molecule has 0 aromatic carbocycles. The summed E-state index contributed by atoms with van der Waals surface area (Å²) >= 11 is 0. The Balaban J connectivity index is 4.41. The van der Waals surface area contributed by atoms with Gasteiger partial charge in [0.25, 0.3) is 0 Å². The van der Waals surface area contributed by atoms with Gasteiger partial charge >= 0.3 is 17.9 Å². The molecule has 0 aliphatic heterocycles. The maximum atomic E-state index is 12.9. The minimum absolute atomic E-state index is 0.0841. The first kappa shape index (κ1) is 67.1. The average Bonchev–Trinajstić information content (AvgIpc) is 3.36. The van der Waals surface area contributed by atoms with E-state index in [1.54, 1.807) is 0 Å². The van der Waals surface area contributed by atoms with Gasteiger partial charge in [0.05, 0.1) is 0 Å². The number of carbonyl (C=O) groups excluding carboxylic acids is 3. The second-order valence-corrected chi connectivity index (χ2v) is 20.3. The van der Waals surface area contributed by atoms with Crippen LogP contribution in [0, 0.1) is 0 Å². The zero-order valence-corrected chi connectivity index (χ0v) is 46.5. The van der Waals surface area contributed by atoms with E-state index in [1.807, 2.05) is 0 Å². The number of rotatable bonds is 55. The lowest BCUT2D eigenvalue weighted by molar-refractivity contribution is -0.167. The zero-order chi connectivity index (χ0) is 50.7. The lowest BCUT2D eigenvalue weighted by Gasteiger charge is -2.18. The smallest absolute Gasteiger partial charge is 0.306 e. The molecule has 0 rings (SSSR count). The number of carbonyl (C=O) groups is 3. The van der Waals surface area contributed by atoms with Crippen LogP contribution >= 0.6 is 0 Å². The highest BCUT2D eigenvalue weighted by molar-refractivity contribution is 5.71. The van der Waals surface area contributed by atoms with Gasteiger partial charge in [-0.2, -0.15) is 0 Å². The highest BCUT2D eigenvalue weighted by Gasteiger charge is 2.19. The summed E-state index contributed by atoms with van der Waals surface area (Å²) in [4.78, 5) is 38.2. The van der Waals surface area contributed by atoms with E-state index in [-0.39, 0.29) is 31.1 Å². The molecule has 0 N–H and O–H groups in total. The van der Waals surface area contributed by atoms with Crippen molar-refractivity contribution >= 4 is 17.9 Å². The molecule has 0 aliphatic rings. The molecular formula is C64H114O6. The van der Waals surface area contributed by atoms with Crippen molar-refractivity contribution in [2.75, 3.05) is 13.2 Å². The Morgan fingerprint density at radius 1 is 0.286 bits per heavy atom. The van der Waals surface area contributed by atoms with E-state index in [0.29, 0.717) is 19.3 Å². The van der Waals surface area contributed by atoms with Crippen LogP contribution in [0.5, 0.6) is 0 Å². The molecule has 0 spiro atoms. The highest BCUT2D eigenvalue weighted by Crippen LogP contribution is 2.16. The summed E-state index contributed by atoms with van der Waals surface area (Å²) in [5.41, 5.74) is 0. The Hall–Kier alpha value is -2.89. The van der Waals surface area contributed by atoms with Gasteiger partial charge < -0.3 is 14.2 Å². The normalized spacial score (nSPS) is 12.4. The number of unbranched alkanes of at least 4 members (excludes halogenated alkanes) is 34. The maximum Gasteiger partial charge on any atom is 0.306 e. The van der Waals surface area contributed by atoms with Crippen molar-refractivity contribution in [1.82, 2.24) is 0 Å². The SMILES string of the molecule is CCCCC/C=C/C/C=C/C/C=C/C/C=C/CCCCCC(=O)OC[C@@H](COC(=O)CCCCCCCCC/C=C/CCCCCC)OC(=O)CCCCCCCCCCCCCCCCCCCC. The van der Waals surface area contributed by atoms with Crippen LogP contribution in [-0.4, -0.2) is 37.2 Å². The number of esters is 3. The van der Waals surface area contributed by atoms with Gasteiger partial charge in [0.1, 0.15) is 13.2 Å². The van der Waals surface area contributed by atoms with Crippen LogP contribution in [0.1, 0.15) is 310 Å². The molecular weight excluding hydrogens is 865 g/mol. The molecule has 0 saturated heterocycles. The van der Waals surface area contributed by atoms with Gasteiger partial charge in [-0.3, -0.25) is 14.4 Å². The van der Waals surface area contributed by atoms with E-state index in [0.717, 1.165) is 83.5 Å². The van der Waals surface area contributed by atoms with Crippen molar-refractivity contribution in [3.8, 4) is 0 Å². The summed E-state index contributed by atoms with van der Waals surface area (Å²) < 4.78 is 16.9. The van der Waals surface area contributed by atoms with E-state index >= 15 is 0 Å². The number of ether oxygens (including phenoxy) is 3. The van der Waals surface area contributed by atoms with Gasteiger partial charge in [-0.1, -0.05) is 261 Å². The van der Waals surface area contributed by atoms with Crippen molar-refractivity contribution in [2.45, 2.75) is 316 Å². The van der Waals surface area contributed by atoms with Gasteiger partial charge in [0, 0.05) is 19.3 Å². The zero-order valence-electron chi connectivity index (χ0n) is 46.5. The molecule has 0 amide bonds. The van der Waals surface area contributed by atoms with Crippen molar-refractivity contribution in [2.24, 2.45) is 0 Å². The summed E-state index contributed by atoms with van der Waals surface area (Å²) in [5, 5.41) is 0. The van der Waals surface area contributed by atoms with Crippen LogP contribution in [0.25, 0.3) is 0 Å². The molecule has 0 aromatic rings. The molecule has 6 heteroatoms. The molecule has 0 fully saturated rings. The first-order valence-electron chi connectivity index (χ1n) is 30.3. The third-order valence-corrected chi connectivity index (χ3v) is 13.2. The Labute approximate surface area is 434 Å². The van der Waals surface area contributed by atoms with Gasteiger partial charge in [0.15, 0.2) is 6.10 Å². The Kier molecular flexibility index (Phi) is 56.3. The Morgan fingerprint density at radius 2 is 0.514 bits per heavy atom. The van der Waals surface area contributed by atoms with Gasteiger partial charge in [-0.05, 0) is 89.9 Å². The molecule has 0 unspecified atom stereocenters. The molecule has 0 saturated carbocycles. The van der Waals surface area contributed by atoms with E-state index in [1.165, 1.54) is 186 Å². The summed E-state index contributed by atoms with van der Waals surface area (Å²) in [6.45, 7) is 6.61. The molecule has 0 aliphatic carbocycles. The average molecular weight is 980 g/mol. The van der Waals surface area contributed by atoms with Crippen molar-refractivity contribution in [3.63, 3.8) is 0 Å². The molecule has 0 aromatic heterocycles. The van der Waals surface area contributed by atoms with Crippen LogP contribution in [0.15, 0.2) is 60.8 Å². The van der Waals surface area contributed by atoms with Crippen molar-refractivity contribution in [3.05, 3.63) is 60.8 Å². The van der Waals surface area contributed by atoms with Crippen LogP contribution in [0.4, 0.5) is 0 Å².